The number of nitrogens with zero attached hydrogens (tertiary/aromatic N) is 3. The van der Waals surface area contributed by atoms with Crippen molar-refractivity contribution in [2.45, 2.75) is 11.9 Å². The molecule has 2 rings (SSSR count). The number of nitrogens with one attached hydrogen (secondary N) is 1. The number of aromatic nitrogens is 4. The first-order valence-corrected chi connectivity index (χ1v) is 5.54. The van der Waals surface area contributed by atoms with Crippen LogP contribution in [-0.2, 0) is 0 Å². The van der Waals surface area contributed by atoms with Gasteiger partial charge in [0.05, 0.1) is 10.4 Å². The van der Waals surface area contributed by atoms with Crippen LogP contribution in [0.15, 0.2) is 17.6 Å². The zero-order chi connectivity index (χ0) is 9.26. The van der Waals surface area contributed by atoms with E-state index < -0.39 is 0 Å². The summed E-state index contributed by atoms with van der Waals surface area (Å²) in [4.78, 5) is 8.01. The monoisotopic (exact) mass is 194 g/mol. The molecule has 1 atom stereocenters. The predicted octanol–water partition coefficient (Wildman–Crippen LogP) is 1.43. The van der Waals surface area contributed by atoms with E-state index in [4.69, 9.17) is 0 Å². The van der Waals surface area contributed by atoms with Crippen molar-refractivity contribution < 1.29 is 0 Å². The van der Waals surface area contributed by atoms with Gasteiger partial charge in [-0.3, -0.25) is 5.10 Å². The molecule has 0 amide bonds. The van der Waals surface area contributed by atoms with Crippen LogP contribution in [-0.4, -0.2) is 31.8 Å². The fourth-order valence-electron chi connectivity index (χ4n) is 1.10. The predicted molar refractivity (Wildman–Crippen MR) is 55.2 cm³/mol. The standard InChI is InChI=1S/C8H10N4S/c1-3-13(2)8-6-4-9-5-10-7(6)11-12-8/h4-5H,2-3H2,1H3,(H,9,10,11,12). The Bertz CT molecular complexity index is 448. The van der Waals surface area contributed by atoms with Crippen LogP contribution in [0.1, 0.15) is 6.92 Å². The van der Waals surface area contributed by atoms with Gasteiger partial charge in [0.2, 0.25) is 0 Å². The molecule has 1 N–H and O–H groups in total. The van der Waals surface area contributed by atoms with Crippen LogP contribution < -0.4 is 0 Å². The largest absolute Gasteiger partial charge is 0.270 e. The van der Waals surface area contributed by atoms with Crippen LogP contribution in [0.3, 0.4) is 0 Å². The number of hydrogen-bond acceptors (Lipinski definition) is 3. The molecule has 5 heteroatoms. The van der Waals surface area contributed by atoms with Crippen LogP contribution in [0.5, 0.6) is 0 Å². The number of H-pyrrole nitrogens is 1. The van der Waals surface area contributed by atoms with Gasteiger partial charge in [0.1, 0.15) is 6.33 Å². The molecule has 0 radical (unpaired) electrons. The molecule has 1 unspecified atom stereocenters. The normalized spacial score (nSPS) is 13.3. The second-order valence-electron chi connectivity index (χ2n) is 2.59. The van der Waals surface area contributed by atoms with E-state index in [2.05, 4.69) is 33.0 Å². The van der Waals surface area contributed by atoms with E-state index in [0.29, 0.717) is 0 Å². The molecule has 4 nitrogen and oxygen atoms in total. The summed E-state index contributed by atoms with van der Waals surface area (Å²) in [5, 5.41) is 9.08. The maximum absolute atomic E-state index is 4.08. The summed E-state index contributed by atoms with van der Waals surface area (Å²) in [6, 6.07) is 0. The smallest absolute Gasteiger partial charge is 0.185 e. The zero-order valence-electron chi connectivity index (χ0n) is 7.32. The Balaban J connectivity index is 2.64. The average molecular weight is 194 g/mol. The minimum Gasteiger partial charge on any atom is -0.270 e. The first-order chi connectivity index (χ1) is 6.33. The lowest BCUT2D eigenvalue weighted by molar-refractivity contribution is 1.01. The van der Waals surface area contributed by atoms with Gasteiger partial charge < -0.3 is 0 Å². The molecule has 68 valence electrons. The van der Waals surface area contributed by atoms with E-state index in [1.807, 2.05) is 0 Å². The number of rotatable bonds is 2. The van der Waals surface area contributed by atoms with Crippen LogP contribution >= 0.6 is 10.5 Å². The molecule has 2 heterocycles. The second kappa shape index (κ2) is 3.26. The highest BCUT2D eigenvalue weighted by Crippen LogP contribution is 2.27. The fourth-order valence-corrected chi connectivity index (χ4v) is 2.02. The van der Waals surface area contributed by atoms with Gasteiger partial charge in [-0.1, -0.05) is 12.8 Å². The molecule has 0 aromatic carbocycles. The Morgan fingerprint density at radius 2 is 2.46 bits per heavy atom. The van der Waals surface area contributed by atoms with Gasteiger partial charge in [0, 0.05) is 6.20 Å². The highest BCUT2D eigenvalue weighted by Gasteiger charge is 2.06. The second-order valence-corrected chi connectivity index (χ2v) is 4.57. The van der Waals surface area contributed by atoms with Crippen molar-refractivity contribution >= 4 is 27.4 Å². The van der Waals surface area contributed by atoms with Crippen molar-refractivity contribution in [3.05, 3.63) is 12.5 Å². The minimum atomic E-state index is -0.0319. The average Bonchev–Trinajstić information content (AvgIpc) is 2.60. The molecule has 0 aliphatic rings. The lowest BCUT2D eigenvalue weighted by Crippen LogP contribution is -1.80. The third-order valence-corrected chi connectivity index (χ3v) is 3.42. The molecular formula is C8H10N4S. The Morgan fingerprint density at radius 3 is 3.23 bits per heavy atom. The highest BCUT2D eigenvalue weighted by molar-refractivity contribution is 8.14. The van der Waals surface area contributed by atoms with Crippen LogP contribution in [0.25, 0.3) is 11.0 Å². The number of aromatic amines is 1. The quantitative estimate of drug-likeness (QED) is 0.736. The van der Waals surface area contributed by atoms with Crippen LogP contribution in [0.2, 0.25) is 0 Å². The van der Waals surface area contributed by atoms with E-state index in [0.717, 1.165) is 21.8 Å². The fraction of sp³-hybridized carbons (Fsp3) is 0.250. The van der Waals surface area contributed by atoms with Crippen molar-refractivity contribution in [3.8, 4) is 0 Å². The summed E-state index contributed by atoms with van der Waals surface area (Å²) < 4.78 is 0. The third kappa shape index (κ3) is 1.35. The Hall–Kier alpha value is -1.23. The van der Waals surface area contributed by atoms with E-state index in [1.54, 1.807) is 6.20 Å². The molecule has 2 aromatic heterocycles. The Morgan fingerprint density at radius 1 is 1.62 bits per heavy atom. The van der Waals surface area contributed by atoms with Gasteiger partial charge in [0.15, 0.2) is 5.65 Å². The molecule has 0 aliphatic carbocycles. The van der Waals surface area contributed by atoms with Crippen molar-refractivity contribution in [3.63, 3.8) is 0 Å². The maximum Gasteiger partial charge on any atom is 0.185 e. The van der Waals surface area contributed by atoms with Gasteiger partial charge >= 0.3 is 0 Å². The molecular weight excluding hydrogens is 184 g/mol. The zero-order valence-corrected chi connectivity index (χ0v) is 8.14. The Labute approximate surface area is 78.3 Å². The van der Waals surface area contributed by atoms with E-state index in [9.17, 15) is 0 Å². The van der Waals surface area contributed by atoms with E-state index in [-0.39, 0.29) is 10.5 Å². The van der Waals surface area contributed by atoms with Gasteiger partial charge in [-0.05, 0) is 5.75 Å². The number of fused-ring (bicyclic) bond motifs is 1. The molecule has 0 fully saturated rings. The molecule has 0 saturated heterocycles. The van der Waals surface area contributed by atoms with Crippen molar-refractivity contribution in [1.29, 1.82) is 0 Å². The van der Waals surface area contributed by atoms with Crippen molar-refractivity contribution in [2.75, 3.05) is 5.75 Å². The molecule has 2 aromatic rings. The molecule has 13 heavy (non-hydrogen) atoms. The number of hydrogen-bond donors (Lipinski definition) is 1. The summed E-state index contributed by atoms with van der Waals surface area (Å²) in [5.41, 5.74) is 0.722. The molecule has 0 spiro atoms. The summed E-state index contributed by atoms with van der Waals surface area (Å²) in [5.74, 6) is 5.06. The minimum absolute atomic E-state index is 0.0319. The first kappa shape index (κ1) is 8.37. The van der Waals surface area contributed by atoms with Crippen molar-refractivity contribution in [1.82, 2.24) is 20.2 Å². The highest BCUT2D eigenvalue weighted by atomic mass is 32.2. The summed E-state index contributed by atoms with van der Waals surface area (Å²) in [6.07, 6.45) is 3.28. The summed E-state index contributed by atoms with van der Waals surface area (Å²) in [7, 11) is -0.0319. The molecule has 0 bridgehead atoms. The van der Waals surface area contributed by atoms with Gasteiger partial charge in [-0.25, -0.2) is 9.97 Å². The lowest BCUT2D eigenvalue weighted by Gasteiger charge is -1.99. The van der Waals surface area contributed by atoms with Crippen LogP contribution in [0.4, 0.5) is 0 Å². The maximum atomic E-state index is 4.08. The van der Waals surface area contributed by atoms with E-state index in [1.165, 1.54) is 6.33 Å². The topological polar surface area (TPSA) is 54.5 Å². The lowest BCUT2D eigenvalue weighted by atomic mass is 10.4. The summed E-state index contributed by atoms with van der Waals surface area (Å²) >= 11 is 0. The third-order valence-electron chi connectivity index (χ3n) is 1.84. The van der Waals surface area contributed by atoms with Gasteiger partial charge in [0.25, 0.3) is 0 Å². The van der Waals surface area contributed by atoms with Crippen molar-refractivity contribution in [2.24, 2.45) is 0 Å². The van der Waals surface area contributed by atoms with E-state index >= 15 is 0 Å². The van der Waals surface area contributed by atoms with Gasteiger partial charge in [-0.2, -0.15) is 5.10 Å². The van der Waals surface area contributed by atoms with Gasteiger partial charge in [-0.15, -0.1) is 10.5 Å². The Kier molecular flexibility index (Phi) is 2.10. The first-order valence-electron chi connectivity index (χ1n) is 3.97. The molecule has 0 aliphatic heterocycles. The summed E-state index contributed by atoms with van der Waals surface area (Å²) in [6.45, 7) is 2.10. The molecule has 0 saturated carbocycles. The SMILES string of the molecule is C=S(CC)c1[nH]nc2ncncc12. The van der Waals surface area contributed by atoms with Crippen LogP contribution in [0, 0.1) is 0 Å².